The van der Waals surface area contributed by atoms with Crippen LogP contribution in [0.25, 0.3) is 0 Å². The maximum absolute atomic E-state index is 10.9. The Labute approximate surface area is 125 Å². The summed E-state index contributed by atoms with van der Waals surface area (Å²) in [5.74, 6) is 0. The summed E-state index contributed by atoms with van der Waals surface area (Å²) in [4.78, 5) is -1.57. The monoisotopic (exact) mass is 282 g/mol. The van der Waals surface area contributed by atoms with Crippen molar-refractivity contribution in [2.24, 2.45) is 20.7 Å². The fraction of sp³-hybridized carbons (Fsp3) is 0.143. The second-order valence-corrected chi connectivity index (χ2v) is 5.06. The van der Waals surface area contributed by atoms with Gasteiger partial charge in [0.2, 0.25) is 0 Å². The summed E-state index contributed by atoms with van der Waals surface area (Å²) in [6, 6.07) is 5.47. The first-order valence-corrected chi connectivity index (χ1v) is 5.95. The molecule has 86 valence electrons. The number of benzene rings is 1. The van der Waals surface area contributed by atoms with Crippen LogP contribution in [0, 0.1) is 0 Å². The van der Waals surface area contributed by atoms with Gasteiger partial charge >= 0.3 is 29.6 Å². The molecule has 0 spiro atoms. The third-order valence-corrected chi connectivity index (χ3v) is 3.21. The van der Waals surface area contributed by atoms with E-state index in [1.807, 2.05) is 0 Å². The van der Waals surface area contributed by atoms with Crippen molar-refractivity contribution < 1.29 is 13.0 Å². The van der Waals surface area contributed by atoms with E-state index in [0.29, 0.717) is 5.56 Å². The molecule has 0 fully saturated rings. The molecule has 10 heteroatoms. The molecule has 0 unspecified atom stereocenters. The van der Waals surface area contributed by atoms with Gasteiger partial charge in [0.1, 0.15) is 0 Å². The summed E-state index contributed by atoms with van der Waals surface area (Å²) in [6.07, 6.45) is 0. The number of hydrogen-bond donors (Lipinski definition) is 2. The predicted octanol–water partition coefficient (Wildman–Crippen LogP) is 1.16. The molecule has 0 amide bonds. The molecule has 1 aromatic carbocycles. The molecule has 0 atom stereocenters. The van der Waals surface area contributed by atoms with Crippen molar-refractivity contribution in [3.63, 3.8) is 0 Å². The van der Waals surface area contributed by atoms with Gasteiger partial charge in [-0.3, -0.25) is 4.55 Å². The summed E-state index contributed by atoms with van der Waals surface area (Å²) < 4.78 is 30.7. The summed E-state index contributed by atoms with van der Waals surface area (Å²) in [5.41, 5.74) is 0.357. The fourth-order valence-corrected chi connectivity index (χ4v) is 1.91. The number of hydrogen-bond acceptors (Lipinski definition) is 7. The molecular formula is C7H7N4NaO3S2. The average Bonchev–Trinajstić information content (AvgIpc) is 2.66. The van der Waals surface area contributed by atoms with E-state index in [4.69, 9.17) is 4.55 Å². The molecule has 7 nitrogen and oxygen atoms in total. The first-order valence-electron chi connectivity index (χ1n) is 4.06. The van der Waals surface area contributed by atoms with E-state index in [1.165, 1.54) is 18.2 Å². The molecule has 0 saturated carbocycles. The van der Waals surface area contributed by atoms with E-state index in [9.17, 15) is 8.42 Å². The molecule has 0 aliphatic carbocycles. The zero-order chi connectivity index (χ0) is 11.8. The Balaban J connectivity index is 0.00000144. The SMILES string of the molecule is O=S(=O)(O)c1cccc(C2(S)N=NN=N2)c1.[NaH]. The fourth-order valence-electron chi connectivity index (χ4n) is 1.17. The average molecular weight is 282 g/mol. The summed E-state index contributed by atoms with van der Waals surface area (Å²) in [5, 5.41) is 13.9. The van der Waals surface area contributed by atoms with Gasteiger partial charge in [-0.1, -0.05) is 12.1 Å². The van der Waals surface area contributed by atoms with Crippen molar-refractivity contribution in [2.45, 2.75) is 9.89 Å². The molecule has 1 heterocycles. The third-order valence-electron chi connectivity index (χ3n) is 1.93. The molecule has 0 saturated heterocycles. The van der Waals surface area contributed by atoms with Gasteiger partial charge in [0.25, 0.3) is 15.1 Å². The van der Waals surface area contributed by atoms with Gasteiger partial charge in [0.15, 0.2) is 0 Å². The topological polar surface area (TPSA) is 104 Å². The molecule has 1 aliphatic rings. The minimum absolute atomic E-state index is 0. The maximum atomic E-state index is 10.9. The van der Waals surface area contributed by atoms with Crippen LogP contribution < -0.4 is 0 Å². The van der Waals surface area contributed by atoms with E-state index >= 15 is 0 Å². The van der Waals surface area contributed by atoms with Gasteiger partial charge in [0.05, 0.1) is 4.90 Å². The van der Waals surface area contributed by atoms with Crippen LogP contribution in [0.5, 0.6) is 0 Å². The minimum atomic E-state index is -4.26. The summed E-state index contributed by atoms with van der Waals surface area (Å²) >= 11 is 4.12. The summed E-state index contributed by atoms with van der Waals surface area (Å²) in [6.45, 7) is 0. The number of thiol groups is 1. The molecule has 1 aromatic rings. The zero-order valence-electron chi connectivity index (χ0n) is 7.72. The zero-order valence-corrected chi connectivity index (χ0v) is 9.43. The normalized spacial score (nSPS) is 16.8. The standard InChI is InChI=1S/C7H6N4O3S2.Na.H/c12-16(13,14)6-3-1-2-5(4-6)7(15)8-10-11-9-7;;/h1-4,15H,(H,12,13,14);;. The van der Waals surface area contributed by atoms with Crippen LogP contribution in [0.4, 0.5) is 0 Å². The quantitative estimate of drug-likeness (QED) is 0.483. The van der Waals surface area contributed by atoms with Crippen molar-refractivity contribution in [3.8, 4) is 0 Å². The molecule has 1 N–H and O–H groups in total. The molecule has 1 aliphatic heterocycles. The van der Waals surface area contributed by atoms with Crippen LogP contribution in [0.3, 0.4) is 0 Å². The van der Waals surface area contributed by atoms with Crippen LogP contribution >= 0.6 is 12.6 Å². The first-order chi connectivity index (χ1) is 7.42. The number of nitrogens with zero attached hydrogens (tertiary/aromatic N) is 4. The Morgan fingerprint density at radius 2 is 1.82 bits per heavy atom. The van der Waals surface area contributed by atoms with E-state index in [1.54, 1.807) is 6.07 Å². The molecule has 0 radical (unpaired) electrons. The van der Waals surface area contributed by atoms with Gasteiger partial charge in [-0.25, -0.2) is 0 Å². The second kappa shape index (κ2) is 5.12. The van der Waals surface area contributed by atoms with Crippen molar-refractivity contribution in [2.75, 3.05) is 0 Å². The number of rotatable bonds is 2. The first kappa shape index (κ1) is 14.7. The molecule has 17 heavy (non-hydrogen) atoms. The van der Waals surface area contributed by atoms with Crippen LogP contribution in [-0.2, 0) is 15.1 Å². The van der Waals surface area contributed by atoms with Crippen molar-refractivity contribution >= 4 is 52.3 Å². The predicted molar refractivity (Wildman–Crippen MR) is 63.8 cm³/mol. The summed E-state index contributed by atoms with van der Waals surface area (Å²) in [7, 11) is -4.26. The van der Waals surface area contributed by atoms with Crippen molar-refractivity contribution in [1.29, 1.82) is 0 Å². The molecular weight excluding hydrogens is 275 g/mol. The second-order valence-electron chi connectivity index (χ2n) is 3.02. The Morgan fingerprint density at radius 3 is 2.35 bits per heavy atom. The Hall–Kier alpha value is -0.320. The molecule has 0 bridgehead atoms. The van der Waals surface area contributed by atoms with Gasteiger partial charge < -0.3 is 0 Å². The van der Waals surface area contributed by atoms with E-state index in [2.05, 4.69) is 33.3 Å². The Kier molecular flexibility index (Phi) is 4.44. The Bertz CT molecular complexity index is 575. The van der Waals surface area contributed by atoms with Crippen LogP contribution in [0.15, 0.2) is 49.8 Å². The van der Waals surface area contributed by atoms with Crippen LogP contribution in [0.1, 0.15) is 5.56 Å². The van der Waals surface area contributed by atoms with Gasteiger partial charge in [-0.15, -0.1) is 22.9 Å². The molecule has 2 rings (SSSR count). The van der Waals surface area contributed by atoms with Gasteiger partial charge in [-0.2, -0.15) is 8.42 Å². The van der Waals surface area contributed by atoms with Gasteiger partial charge in [-0.05, 0) is 22.6 Å². The van der Waals surface area contributed by atoms with Crippen molar-refractivity contribution in [3.05, 3.63) is 29.8 Å². The van der Waals surface area contributed by atoms with Crippen LogP contribution in [-0.4, -0.2) is 42.5 Å². The Morgan fingerprint density at radius 1 is 1.24 bits per heavy atom. The van der Waals surface area contributed by atoms with E-state index in [0.717, 1.165) is 0 Å². The molecule has 0 aromatic heterocycles. The van der Waals surface area contributed by atoms with E-state index in [-0.39, 0.29) is 34.5 Å². The van der Waals surface area contributed by atoms with Crippen molar-refractivity contribution in [1.82, 2.24) is 0 Å². The van der Waals surface area contributed by atoms with Crippen LogP contribution in [0.2, 0.25) is 0 Å². The van der Waals surface area contributed by atoms with Gasteiger partial charge in [0, 0.05) is 5.56 Å². The third kappa shape index (κ3) is 3.12. The van der Waals surface area contributed by atoms with E-state index < -0.39 is 15.1 Å².